The molecule has 0 aromatic heterocycles. The second-order valence-electron chi connectivity index (χ2n) is 4.38. The van der Waals surface area contributed by atoms with Gasteiger partial charge < -0.3 is 10.5 Å². The summed E-state index contributed by atoms with van der Waals surface area (Å²) in [6, 6.07) is 14.0. The molecule has 0 heterocycles. The standard InChI is InChI=1S/C16H18ClNO/c1-2-9-19-15-6-3-12(4-7-15)13-5-8-16(17)14(10-13)11-18/h3-8,10H,2,9,11,18H2,1H3. The predicted molar refractivity (Wildman–Crippen MR) is 80.6 cm³/mol. The summed E-state index contributed by atoms with van der Waals surface area (Å²) >= 11 is 6.07. The van der Waals surface area contributed by atoms with Gasteiger partial charge in [0.15, 0.2) is 0 Å². The molecular formula is C16H18ClNO. The van der Waals surface area contributed by atoms with Crippen molar-refractivity contribution in [1.29, 1.82) is 0 Å². The monoisotopic (exact) mass is 275 g/mol. The van der Waals surface area contributed by atoms with Crippen molar-refractivity contribution in [2.24, 2.45) is 5.73 Å². The van der Waals surface area contributed by atoms with E-state index in [1.165, 1.54) is 0 Å². The van der Waals surface area contributed by atoms with Crippen LogP contribution in [-0.2, 0) is 6.54 Å². The lowest BCUT2D eigenvalue weighted by Gasteiger charge is -2.08. The van der Waals surface area contributed by atoms with Gasteiger partial charge in [0.1, 0.15) is 5.75 Å². The molecule has 2 nitrogen and oxygen atoms in total. The molecule has 0 atom stereocenters. The number of ether oxygens (including phenoxy) is 1. The van der Waals surface area contributed by atoms with Crippen LogP contribution in [0.1, 0.15) is 18.9 Å². The van der Waals surface area contributed by atoms with Crippen molar-refractivity contribution in [2.75, 3.05) is 6.61 Å². The van der Waals surface area contributed by atoms with Crippen LogP contribution in [0.25, 0.3) is 11.1 Å². The van der Waals surface area contributed by atoms with Crippen molar-refractivity contribution in [3.63, 3.8) is 0 Å². The molecular weight excluding hydrogens is 258 g/mol. The van der Waals surface area contributed by atoms with E-state index >= 15 is 0 Å². The molecule has 0 bridgehead atoms. The first kappa shape index (κ1) is 13.9. The Bertz CT molecular complexity index is 537. The molecule has 100 valence electrons. The van der Waals surface area contributed by atoms with Crippen LogP contribution >= 0.6 is 11.6 Å². The van der Waals surface area contributed by atoms with E-state index in [9.17, 15) is 0 Å². The fourth-order valence-corrected chi connectivity index (χ4v) is 2.07. The van der Waals surface area contributed by atoms with Crippen LogP contribution in [-0.4, -0.2) is 6.61 Å². The van der Waals surface area contributed by atoms with Crippen molar-refractivity contribution < 1.29 is 4.74 Å². The maximum Gasteiger partial charge on any atom is 0.119 e. The van der Waals surface area contributed by atoms with Gasteiger partial charge in [-0.1, -0.05) is 36.7 Å². The maximum atomic E-state index is 6.07. The zero-order chi connectivity index (χ0) is 13.7. The minimum atomic E-state index is 0.449. The van der Waals surface area contributed by atoms with Gasteiger partial charge in [0.05, 0.1) is 6.61 Å². The Morgan fingerprint density at radius 1 is 1.05 bits per heavy atom. The number of hydrogen-bond donors (Lipinski definition) is 1. The summed E-state index contributed by atoms with van der Waals surface area (Å²) in [7, 11) is 0. The second-order valence-corrected chi connectivity index (χ2v) is 4.79. The van der Waals surface area contributed by atoms with Crippen LogP contribution in [0.5, 0.6) is 5.75 Å². The highest BCUT2D eigenvalue weighted by molar-refractivity contribution is 6.31. The highest BCUT2D eigenvalue weighted by Gasteiger charge is 2.03. The Balaban J connectivity index is 2.22. The van der Waals surface area contributed by atoms with Crippen LogP contribution < -0.4 is 10.5 Å². The van der Waals surface area contributed by atoms with Crippen molar-refractivity contribution in [1.82, 2.24) is 0 Å². The first-order valence-electron chi connectivity index (χ1n) is 6.46. The third-order valence-electron chi connectivity index (χ3n) is 2.93. The van der Waals surface area contributed by atoms with E-state index in [4.69, 9.17) is 22.1 Å². The van der Waals surface area contributed by atoms with Crippen LogP contribution in [0.15, 0.2) is 42.5 Å². The lowest BCUT2D eigenvalue weighted by Crippen LogP contribution is -1.97. The van der Waals surface area contributed by atoms with E-state index in [2.05, 4.69) is 19.1 Å². The molecule has 3 heteroatoms. The Labute approximate surface area is 119 Å². The number of nitrogens with two attached hydrogens (primary N) is 1. The normalized spacial score (nSPS) is 10.5. The Morgan fingerprint density at radius 2 is 1.74 bits per heavy atom. The minimum Gasteiger partial charge on any atom is -0.494 e. The molecule has 0 saturated carbocycles. The highest BCUT2D eigenvalue weighted by atomic mass is 35.5. The highest BCUT2D eigenvalue weighted by Crippen LogP contribution is 2.26. The molecule has 2 rings (SSSR count). The van der Waals surface area contributed by atoms with Crippen molar-refractivity contribution in [3.05, 3.63) is 53.1 Å². The molecule has 2 aromatic rings. The average molecular weight is 276 g/mol. The summed E-state index contributed by atoms with van der Waals surface area (Å²) in [4.78, 5) is 0. The van der Waals surface area contributed by atoms with E-state index in [1.54, 1.807) is 0 Å². The van der Waals surface area contributed by atoms with Gasteiger partial charge >= 0.3 is 0 Å². The number of benzene rings is 2. The summed E-state index contributed by atoms with van der Waals surface area (Å²) in [6.07, 6.45) is 1.01. The quantitative estimate of drug-likeness (QED) is 0.885. The third-order valence-corrected chi connectivity index (χ3v) is 3.29. The van der Waals surface area contributed by atoms with E-state index in [0.29, 0.717) is 11.6 Å². The van der Waals surface area contributed by atoms with Crippen molar-refractivity contribution in [3.8, 4) is 16.9 Å². The zero-order valence-electron chi connectivity index (χ0n) is 11.0. The second kappa shape index (κ2) is 6.60. The van der Waals surface area contributed by atoms with Gasteiger partial charge in [-0.25, -0.2) is 0 Å². The number of halogens is 1. The Kier molecular flexibility index (Phi) is 4.83. The van der Waals surface area contributed by atoms with E-state index < -0.39 is 0 Å². The fraction of sp³-hybridized carbons (Fsp3) is 0.250. The molecule has 0 aliphatic heterocycles. The molecule has 0 saturated heterocycles. The molecule has 0 radical (unpaired) electrons. The van der Waals surface area contributed by atoms with Gasteiger partial charge in [-0.3, -0.25) is 0 Å². The van der Waals surface area contributed by atoms with Crippen LogP contribution in [0, 0.1) is 0 Å². The number of hydrogen-bond acceptors (Lipinski definition) is 2. The summed E-state index contributed by atoms with van der Waals surface area (Å²) < 4.78 is 5.57. The van der Waals surface area contributed by atoms with Gasteiger partial charge in [0.25, 0.3) is 0 Å². The Hall–Kier alpha value is -1.51. The molecule has 0 fully saturated rings. The summed E-state index contributed by atoms with van der Waals surface area (Å²) in [6.45, 7) is 3.29. The van der Waals surface area contributed by atoms with Crippen LogP contribution in [0.3, 0.4) is 0 Å². The van der Waals surface area contributed by atoms with E-state index in [1.807, 2.05) is 30.3 Å². The van der Waals surface area contributed by atoms with E-state index in [-0.39, 0.29) is 0 Å². The first-order valence-corrected chi connectivity index (χ1v) is 6.84. The summed E-state index contributed by atoms with van der Waals surface area (Å²) in [5, 5.41) is 0.717. The molecule has 0 unspecified atom stereocenters. The summed E-state index contributed by atoms with van der Waals surface area (Å²) in [5.74, 6) is 0.901. The van der Waals surface area contributed by atoms with Gasteiger partial charge in [-0.2, -0.15) is 0 Å². The molecule has 0 spiro atoms. The predicted octanol–water partition coefficient (Wildman–Crippen LogP) is 4.25. The first-order chi connectivity index (χ1) is 9.24. The Morgan fingerprint density at radius 3 is 2.37 bits per heavy atom. The van der Waals surface area contributed by atoms with Gasteiger partial charge in [-0.05, 0) is 47.4 Å². The lowest BCUT2D eigenvalue weighted by atomic mass is 10.0. The van der Waals surface area contributed by atoms with Gasteiger partial charge in [-0.15, -0.1) is 0 Å². The van der Waals surface area contributed by atoms with E-state index in [0.717, 1.165) is 35.5 Å². The largest absolute Gasteiger partial charge is 0.494 e. The zero-order valence-corrected chi connectivity index (χ0v) is 11.8. The molecule has 0 aliphatic carbocycles. The van der Waals surface area contributed by atoms with Gasteiger partial charge in [0.2, 0.25) is 0 Å². The fourth-order valence-electron chi connectivity index (χ4n) is 1.87. The summed E-state index contributed by atoms with van der Waals surface area (Å²) in [5.41, 5.74) is 8.89. The lowest BCUT2D eigenvalue weighted by molar-refractivity contribution is 0.317. The smallest absolute Gasteiger partial charge is 0.119 e. The van der Waals surface area contributed by atoms with Crippen LogP contribution in [0.4, 0.5) is 0 Å². The minimum absolute atomic E-state index is 0.449. The van der Waals surface area contributed by atoms with Gasteiger partial charge in [0, 0.05) is 11.6 Å². The third kappa shape index (κ3) is 3.49. The molecule has 19 heavy (non-hydrogen) atoms. The maximum absolute atomic E-state index is 6.07. The molecule has 2 aromatic carbocycles. The molecule has 2 N–H and O–H groups in total. The molecule has 0 aliphatic rings. The van der Waals surface area contributed by atoms with Crippen LogP contribution in [0.2, 0.25) is 5.02 Å². The molecule has 0 amide bonds. The SMILES string of the molecule is CCCOc1ccc(-c2ccc(Cl)c(CN)c2)cc1. The number of rotatable bonds is 5. The topological polar surface area (TPSA) is 35.2 Å². The van der Waals surface area contributed by atoms with Crippen molar-refractivity contribution >= 4 is 11.6 Å². The average Bonchev–Trinajstić information content (AvgIpc) is 2.46. The van der Waals surface area contributed by atoms with Crippen molar-refractivity contribution in [2.45, 2.75) is 19.9 Å².